The van der Waals surface area contributed by atoms with Crippen molar-refractivity contribution in [1.82, 2.24) is 0 Å². The molecule has 18 heteroatoms. The van der Waals surface area contributed by atoms with E-state index in [1.54, 1.807) is 0 Å². The average molecular weight is 933 g/mol. The lowest BCUT2D eigenvalue weighted by molar-refractivity contribution is -0.377. The number of ether oxygens (including phenoxy) is 6. The lowest BCUT2D eigenvalue weighted by atomic mass is 9.34. The van der Waals surface area contributed by atoms with Crippen LogP contribution in [0, 0.1) is 45.3 Å². The predicted molar refractivity (Wildman–Crippen MR) is 229 cm³/mol. The number of aliphatic hydroxyl groups excluding tert-OH is 12. The van der Waals surface area contributed by atoms with E-state index in [0.717, 1.165) is 5.57 Å². The van der Waals surface area contributed by atoms with Crippen LogP contribution in [0.15, 0.2) is 11.6 Å². The maximum atomic E-state index is 12.7. The molecule has 0 spiro atoms. The summed E-state index contributed by atoms with van der Waals surface area (Å²) in [5.74, 6) is -1.11. The molecule has 12 N–H and O–H groups in total. The molecular weight excluding hydrogens is 852 g/mol. The molecule has 0 bridgehead atoms. The van der Waals surface area contributed by atoms with E-state index < -0.39 is 145 Å². The first-order valence-electron chi connectivity index (χ1n) is 23.9. The fourth-order valence-electron chi connectivity index (χ4n) is 14.6. The number of hydrogen-bond donors (Lipinski definition) is 12. The second-order valence-electron chi connectivity index (χ2n) is 22.6. The van der Waals surface area contributed by atoms with Gasteiger partial charge in [-0.05, 0) is 117 Å². The van der Waals surface area contributed by atoms with Crippen molar-refractivity contribution in [3.63, 3.8) is 0 Å². The molecule has 3 heterocycles. The topological polar surface area (TPSA) is 298 Å². The largest absolute Gasteiger partial charge is 0.394 e. The van der Waals surface area contributed by atoms with Crippen molar-refractivity contribution in [2.75, 3.05) is 19.8 Å². The fraction of sp³-hybridized carbons (Fsp3) is 0.957. The molecule has 0 aromatic rings. The van der Waals surface area contributed by atoms with Crippen LogP contribution in [0.25, 0.3) is 0 Å². The highest BCUT2D eigenvalue weighted by Gasteiger charge is 2.74. The van der Waals surface area contributed by atoms with Crippen LogP contribution in [0.5, 0.6) is 0 Å². The van der Waals surface area contributed by atoms with Crippen molar-refractivity contribution in [2.45, 2.75) is 217 Å². The van der Waals surface area contributed by atoms with Gasteiger partial charge in [-0.2, -0.15) is 0 Å². The summed E-state index contributed by atoms with van der Waals surface area (Å²) in [6, 6.07) is 0. The Hall–Kier alpha value is -0.980. The smallest absolute Gasteiger partial charge is 0.187 e. The fourth-order valence-corrected chi connectivity index (χ4v) is 14.6. The average Bonchev–Trinajstić information content (AvgIpc) is 3.63. The summed E-state index contributed by atoms with van der Waals surface area (Å²) in [4.78, 5) is 0. The molecular formula is C47H80O18. The molecule has 0 amide bonds. The van der Waals surface area contributed by atoms with Gasteiger partial charge in [-0.3, -0.25) is 0 Å². The lowest BCUT2D eigenvalue weighted by Crippen LogP contribution is -2.71. The molecule has 25 atom stereocenters. The minimum Gasteiger partial charge on any atom is -0.394 e. The third-order valence-corrected chi connectivity index (χ3v) is 18.3. The van der Waals surface area contributed by atoms with E-state index in [4.69, 9.17) is 28.4 Å². The standard InChI is InChI=1S/C47H80O18/c1-21(2)10-9-13-47(8,65-41-37(59)34(56)32(54)26(18-48)62-41)22-11-15-45(6)30(22)23(50)16-28-44(5)14-12-29(52)43(3,4)39(44)25(17-46(28,45)7)61-42-38(35(57)33(55)27(19-49)63-42)64-40-36(58)31(53)24(51)20-60-40/h10,22-42,48-59H,9,11-20H2,1-8H3/t22?,23?,24?,25?,26?,27?,28?,29?,30?,31?,32?,33?,34?,35?,36?,37?,38?,39?,40?,41?,42?,44-,45-,46-,47+/m1/s1. The van der Waals surface area contributed by atoms with Crippen molar-refractivity contribution < 1.29 is 89.7 Å². The van der Waals surface area contributed by atoms with Gasteiger partial charge in [0.15, 0.2) is 18.9 Å². The maximum Gasteiger partial charge on any atom is 0.187 e. The Morgan fingerprint density at radius 3 is 1.94 bits per heavy atom. The molecule has 0 radical (unpaired) electrons. The van der Waals surface area contributed by atoms with Crippen molar-refractivity contribution >= 4 is 0 Å². The molecule has 3 saturated heterocycles. The number of hydrogen-bond acceptors (Lipinski definition) is 18. The monoisotopic (exact) mass is 933 g/mol. The highest BCUT2D eigenvalue weighted by molar-refractivity contribution is 5.22. The Balaban J connectivity index is 1.27. The van der Waals surface area contributed by atoms with Gasteiger partial charge in [0.2, 0.25) is 0 Å². The second kappa shape index (κ2) is 19.0. The number of aliphatic hydroxyl groups is 12. The van der Waals surface area contributed by atoms with E-state index in [-0.39, 0.29) is 30.3 Å². The zero-order valence-corrected chi connectivity index (χ0v) is 39.3. The quantitative estimate of drug-likeness (QED) is 0.0874. The third-order valence-electron chi connectivity index (χ3n) is 18.3. The van der Waals surface area contributed by atoms with Gasteiger partial charge in [0.1, 0.15) is 67.1 Å². The van der Waals surface area contributed by atoms with Gasteiger partial charge >= 0.3 is 0 Å². The SMILES string of the molecule is CC(C)=CCC[C@](C)(OC1OC(CO)C(O)C(O)C1O)C1CC[C@]2(C)C1C(O)CC1[C@@]3(C)CCC(O)C(C)(C)C3C(OC3OC(CO)C(O)C(O)C3OC3OCC(O)C(O)C3O)C[C@]12C. The molecule has 21 unspecified atom stereocenters. The van der Waals surface area contributed by atoms with Crippen LogP contribution in [-0.4, -0.2) is 191 Å². The molecule has 18 nitrogen and oxygen atoms in total. The van der Waals surface area contributed by atoms with E-state index in [9.17, 15) is 61.3 Å². The van der Waals surface area contributed by atoms with Crippen molar-refractivity contribution in [3.05, 3.63) is 11.6 Å². The van der Waals surface area contributed by atoms with Crippen molar-refractivity contribution in [2.24, 2.45) is 45.3 Å². The normalized spacial score (nSPS) is 53.0. The summed E-state index contributed by atoms with van der Waals surface area (Å²) in [6.07, 6.45) is -17.2. The Morgan fingerprint density at radius 1 is 0.692 bits per heavy atom. The van der Waals surface area contributed by atoms with E-state index >= 15 is 0 Å². The molecule has 65 heavy (non-hydrogen) atoms. The highest BCUT2D eigenvalue weighted by Crippen LogP contribution is 2.76. The van der Waals surface area contributed by atoms with E-state index in [2.05, 4.69) is 26.8 Å². The van der Waals surface area contributed by atoms with Crippen molar-refractivity contribution in [3.8, 4) is 0 Å². The lowest BCUT2D eigenvalue weighted by Gasteiger charge is -2.72. The Morgan fingerprint density at radius 2 is 1.31 bits per heavy atom. The van der Waals surface area contributed by atoms with Gasteiger partial charge in [0.05, 0.1) is 43.7 Å². The summed E-state index contributed by atoms with van der Waals surface area (Å²) < 4.78 is 37.7. The van der Waals surface area contributed by atoms with Crippen LogP contribution < -0.4 is 0 Å². The molecule has 7 rings (SSSR count). The second-order valence-corrected chi connectivity index (χ2v) is 22.6. The molecule has 7 aliphatic rings. The number of fused-ring (bicyclic) bond motifs is 5. The van der Waals surface area contributed by atoms with Gasteiger partial charge in [-0.1, -0.05) is 46.3 Å². The zero-order chi connectivity index (χ0) is 47.9. The van der Waals surface area contributed by atoms with Gasteiger partial charge in [0.25, 0.3) is 0 Å². The summed E-state index contributed by atoms with van der Waals surface area (Å²) in [5.41, 5.74) is -2.41. The number of rotatable bonds is 12. The minimum atomic E-state index is -1.73. The molecule has 376 valence electrons. The summed E-state index contributed by atoms with van der Waals surface area (Å²) in [7, 11) is 0. The summed E-state index contributed by atoms with van der Waals surface area (Å²) >= 11 is 0. The first-order chi connectivity index (χ1) is 30.3. The third kappa shape index (κ3) is 8.72. The molecule has 7 fully saturated rings. The maximum absolute atomic E-state index is 12.7. The van der Waals surface area contributed by atoms with E-state index in [0.29, 0.717) is 51.4 Å². The number of allylic oxidation sites excluding steroid dienone is 2. The molecule has 4 aliphatic carbocycles. The highest BCUT2D eigenvalue weighted by atomic mass is 16.8. The van der Waals surface area contributed by atoms with E-state index in [1.807, 2.05) is 34.6 Å². The van der Waals surface area contributed by atoms with Gasteiger partial charge in [0, 0.05) is 0 Å². The van der Waals surface area contributed by atoms with Crippen LogP contribution in [0.2, 0.25) is 0 Å². The first-order valence-corrected chi connectivity index (χ1v) is 23.9. The van der Waals surface area contributed by atoms with E-state index in [1.165, 1.54) is 0 Å². The van der Waals surface area contributed by atoms with Crippen LogP contribution in [-0.2, 0) is 28.4 Å². The Kier molecular flexibility index (Phi) is 15.1. The van der Waals surface area contributed by atoms with Crippen LogP contribution >= 0.6 is 0 Å². The molecule has 0 aromatic heterocycles. The first kappa shape index (κ1) is 51.9. The van der Waals surface area contributed by atoms with Gasteiger partial charge < -0.3 is 89.7 Å². The molecule has 4 saturated carbocycles. The minimum absolute atomic E-state index is 0.0828. The summed E-state index contributed by atoms with van der Waals surface area (Å²) in [6.45, 7) is 15.0. The molecule has 3 aliphatic heterocycles. The zero-order valence-electron chi connectivity index (χ0n) is 39.3. The van der Waals surface area contributed by atoms with Gasteiger partial charge in [-0.25, -0.2) is 0 Å². The Bertz CT molecular complexity index is 1660. The van der Waals surface area contributed by atoms with Gasteiger partial charge in [-0.15, -0.1) is 0 Å². The van der Waals surface area contributed by atoms with Crippen LogP contribution in [0.4, 0.5) is 0 Å². The van der Waals surface area contributed by atoms with Crippen LogP contribution in [0.1, 0.15) is 107 Å². The molecule has 0 aromatic carbocycles. The Labute approximate surface area is 382 Å². The van der Waals surface area contributed by atoms with Crippen molar-refractivity contribution in [1.29, 1.82) is 0 Å². The predicted octanol–water partition coefficient (Wildman–Crippen LogP) is -0.417. The van der Waals surface area contributed by atoms with Crippen LogP contribution in [0.3, 0.4) is 0 Å². The summed E-state index contributed by atoms with van der Waals surface area (Å²) in [5, 5.41) is 131.